The molecule has 28 heavy (non-hydrogen) atoms. The molecule has 1 aliphatic heterocycles. The SMILES string of the molecule is O=C(NCCNC(=O)C1CC(=O)N(Cc2ccccc2)C1)c1ccc(=O)[nH]n1. The Morgan fingerprint density at radius 3 is 2.54 bits per heavy atom. The fraction of sp³-hybridized carbons (Fsp3) is 0.316. The average Bonchev–Trinajstić information content (AvgIpc) is 3.07. The molecule has 9 heteroatoms. The van der Waals surface area contributed by atoms with Gasteiger partial charge in [-0.05, 0) is 11.6 Å². The Morgan fingerprint density at radius 1 is 1.07 bits per heavy atom. The van der Waals surface area contributed by atoms with Gasteiger partial charge < -0.3 is 15.5 Å². The molecule has 3 amide bonds. The van der Waals surface area contributed by atoms with Crippen molar-refractivity contribution in [1.82, 2.24) is 25.7 Å². The summed E-state index contributed by atoms with van der Waals surface area (Å²) in [4.78, 5) is 48.9. The third-order valence-corrected chi connectivity index (χ3v) is 4.42. The third kappa shape index (κ3) is 5.03. The van der Waals surface area contributed by atoms with Crippen LogP contribution in [-0.2, 0) is 16.1 Å². The number of hydrogen-bond donors (Lipinski definition) is 3. The van der Waals surface area contributed by atoms with Gasteiger partial charge in [-0.2, -0.15) is 5.10 Å². The van der Waals surface area contributed by atoms with E-state index < -0.39 is 17.4 Å². The van der Waals surface area contributed by atoms with E-state index in [0.29, 0.717) is 13.1 Å². The van der Waals surface area contributed by atoms with Crippen LogP contribution < -0.4 is 16.2 Å². The van der Waals surface area contributed by atoms with Crippen molar-refractivity contribution in [2.75, 3.05) is 19.6 Å². The Morgan fingerprint density at radius 2 is 1.82 bits per heavy atom. The van der Waals surface area contributed by atoms with E-state index in [0.717, 1.165) is 5.56 Å². The summed E-state index contributed by atoms with van der Waals surface area (Å²) in [7, 11) is 0. The number of aromatic nitrogens is 2. The summed E-state index contributed by atoms with van der Waals surface area (Å²) in [5.41, 5.74) is 0.718. The van der Waals surface area contributed by atoms with Gasteiger partial charge in [-0.15, -0.1) is 0 Å². The van der Waals surface area contributed by atoms with Crippen LogP contribution in [0, 0.1) is 5.92 Å². The number of H-pyrrole nitrogens is 1. The monoisotopic (exact) mass is 383 g/mol. The average molecular weight is 383 g/mol. The topological polar surface area (TPSA) is 124 Å². The molecule has 0 radical (unpaired) electrons. The van der Waals surface area contributed by atoms with Gasteiger partial charge in [0, 0.05) is 38.7 Å². The standard InChI is InChI=1S/C19H21N5O4/c25-16-7-6-15(22-23-16)19(28)21-9-8-20-18(27)14-10-17(26)24(12-14)11-13-4-2-1-3-5-13/h1-7,14H,8-12H2,(H,20,27)(H,21,28)(H,23,25). The molecule has 1 aromatic heterocycles. The fourth-order valence-corrected chi connectivity index (χ4v) is 2.97. The quantitative estimate of drug-likeness (QED) is 0.565. The van der Waals surface area contributed by atoms with Crippen LogP contribution in [0.4, 0.5) is 0 Å². The molecule has 0 bridgehead atoms. The lowest BCUT2D eigenvalue weighted by Crippen LogP contribution is -2.38. The lowest BCUT2D eigenvalue weighted by molar-refractivity contribution is -0.129. The smallest absolute Gasteiger partial charge is 0.271 e. The minimum Gasteiger partial charge on any atom is -0.354 e. The highest BCUT2D eigenvalue weighted by atomic mass is 16.2. The Labute approximate surface area is 161 Å². The van der Waals surface area contributed by atoms with E-state index in [2.05, 4.69) is 20.8 Å². The van der Waals surface area contributed by atoms with Gasteiger partial charge in [-0.1, -0.05) is 30.3 Å². The maximum Gasteiger partial charge on any atom is 0.271 e. The second-order valence-electron chi connectivity index (χ2n) is 6.51. The second-order valence-corrected chi connectivity index (χ2v) is 6.51. The number of benzene rings is 1. The summed E-state index contributed by atoms with van der Waals surface area (Å²) in [6.45, 7) is 1.32. The van der Waals surface area contributed by atoms with Crippen molar-refractivity contribution in [3.05, 3.63) is 64.1 Å². The zero-order valence-corrected chi connectivity index (χ0v) is 15.2. The van der Waals surface area contributed by atoms with Crippen LogP contribution in [0.5, 0.6) is 0 Å². The van der Waals surface area contributed by atoms with Crippen LogP contribution in [0.15, 0.2) is 47.3 Å². The van der Waals surface area contributed by atoms with Gasteiger partial charge in [0.25, 0.3) is 11.5 Å². The first kappa shape index (κ1) is 19.3. The molecular formula is C19H21N5O4. The number of likely N-dealkylation sites (tertiary alicyclic amines) is 1. The molecule has 3 N–H and O–H groups in total. The summed E-state index contributed by atoms with van der Waals surface area (Å²) in [5.74, 6) is -1.09. The molecule has 2 aromatic rings. The highest BCUT2D eigenvalue weighted by Gasteiger charge is 2.33. The predicted molar refractivity (Wildman–Crippen MR) is 100 cm³/mol. The number of rotatable bonds is 7. The summed E-state index contributed by atoms with van der Waals surface area (Å²) in [6.07, 6.45) is 0.187. The van der Waals surface area contributed by atoms with Crippen molar-refractivity contribution < 1.29 is 14.4 Å². The van der Waals surface area contributed by atoms with Crippen molar-refractivity contribution in [1.29, 1.82) is 0 Å². The number of carbonyl (C=O) groups excluding carboxylic acids is 3. The molecule has 9 nitrogen and oxygen atoms in total. The van der Waals surface area contributed by atoms with Gasteiger partial charge in [-0.25, -0.2) is 5.10 Å². The zero-order valence-electron chi connectivity index (χ0n) is 15.2. The van der Waals surface area contributed by atoms with E-state index in [1.54, 1.807) is 4.90 Å². The van der Waals surface area contributed by atoms with Crippen molar-refractivity contribution in [3.63, 3.8) is 0 Å². The van der Waals surface area contributed by atoms with Crippen molar-refractivity contribution in [2.45, 2.75) is 13.0 Å². The van der Waals surface area contributed by atoms with Crippen LogP contribution in [0.25, 0.3) is 0 Å². The minimum absolute atomic E-state index is 0.0403. The molecule has 1 unspecified atom stereocenters. The van der Waals surface area contributed by atoms with Crippen LogP contribution in [-0.4, -0.2) is 52.5 Å². The van der Waals surface area contributed by atoms with Crippen LogP contribution >= 0.6 is 0 Å². The van der Waals surface area contributed by atoms with Crippen molar-refractivity contribution >= 4 is 17.7 Å². The number of amides is 3. The van der Waals surface area contributed by atoms with Crippen molar-refractivity contribution in [2.24, 2.45) is 5.92 Å². The highest BCUT2D eigenvalue weighted by Crippen LogP contribution is 2.20. The molecule has 2 heterocycles. The first-order chi connectivity index (χ1) is 13.5. The van der Waals surface area contributed by atoms with E-state index in [1.165, 1.54) is 12.1 Å². The van der Waals surface area contributed by atoms with E-state index in [-0.39, 0.29) is 37.0 Å². The molecule has 0 spiro atoms. The molecule has 1 aliphatic rings. The van der Waals surface area contributed by atoms with E-state index >= 15 is 0 Å². The van der Waals surface area contributed by atoms with Crippen LogP contribution in [0.2, 0.25) is 0 Å². The van der Waals surface area contributed by atoms with E-state index in [9.17, 15) is 19.2 Å². The lowest BCUT2D eigenvalue weighted by Gasteiger charge is -2.16. The molecule has 1 aromatic carbocycles. The van der Waals surface area contributed by atoms with Gasteiger partial charge in [0.15, 0.2) is 0 Å². The molecule has 0 saturated carbocycles. The van der Waals surface area contributed by atoms with Gasteiger partial charge >= 0.3 is 0 Å². The Kier molecular flexibility index (Phi) is 6.15. The first-order valence-electron chi connectivity index (χ1n) is 8.96. The molecule has 146 valence electrons. The van der Waals surface area contributed by atoms with E-state index in [1.807, 2.05) is 30.3 Å². The summed E-state index contributed by atoms with van der Waals surface area (Å²) < 4.78 is 0. The number of nitrogens with one attached hydrogen (secondary N) is 3. The maximum absolute atomic E-state index is 12.3. The Balaban J connectivity index is 1.40. The molecule has 0 aliphatic carbocycles. The lowest BCUT2D eigenvalue weighted by atomic mass is 10.1. The normalized spacial score (nSPS) is 16.1. The van der Waals surface area contributed by atoms with E-state index in [4.69, 9.17) is 0 Å². The molecule has 1 fully saturated rings. The predicted octanol–water partition coefficient (Wildman–Crippen LogP) is -0.335. The minimum atomic E-state index is -0.449. The second kappa shape index (κ2) is 8.94. The molecule has 3 rings (SSSR count). The largest absolute Gasteiger partial charge is 0.354 e. The Bertz CT molecular complexity index is 892. The van der Waals surface area contributed by atoms with Crippen molar-refractivity contribution in [3.8, 4) is 0 Å². The van der Waals surface area contributed by atoms with Crippen LogP contribution in [0.3, 0.4) is 0 Å². The van der Waals surface area contributed by atoms with Gasteiger partial charge in [0.2, 0.25) is 11.8 Å². The fourth-order valence-electron chi connectivity index (χ4n) is 2.97. The third-order valence-electron chi connectivity index (χ3n) is 4.42. The highest BCUT2D eigenvalue weighted by molar-refractivity contribution is 5.92. The van der Waals surface area contributed by atoms with Gasteiger partial charge in [0.1, 0.15) is 5.69 Å². The summed E-state index contributed by atoms with van der Waals surface area (Å²) >= 11 is 0. The number of carbonyl (C=O) groups is 3. The van der Waals surface area contributed by atoms with Crippen LogP contribution in [0.1, 0.15) is 22.5 Å². The molecule has 1 atom stereocenters. The maximum atomic E-state index is 12.3. The van der Waals surface area contributed by atoms with Gasteiger partial charge in [-0.3, -0.25) is 19.2 Å². The molecule has 1 saturated heterocycles. The van der Waals surface area contributed by atoms with Gasteiger partial charge in [0.05, 0.1) is 5.92 Å². The number of hydrogen-bond acceptors (Lipinski definition) is 5. The first-order valence-corrected chi connectivity index (χ1v) is 8.96. The molecular weight excluding hydrogens is 362 g/mol. The number of aromatic amines is 1. The number of nitrogens with zero attached hydrogens (tertiary/aromatic N) is 2. The summed E-state index contributed by atoms with van der Waals surface area (Å²) in [5, 5.41) is 11.1. The Hall–Kier alpha value is -3.49. The summed E-state index contributed by atoms with van der Waals surface area (Å²) in [6, 6.07) is 12.2. The zero-order chi connectivity index (χ0) is 19.9.